The molecule has 3 nitrogen and oxygen atoms in total. The highest BCUT2D eigenvalue weighted by Crippen LogP contribution is 2.17. The van der Waals surface area contributed by atoms with Gasteiger partial charge in [0, 0.05) is 26.6 Å². The van der Waals surface area contributed by atoms with Gasteiger partial charge in [-0.15, -0.1) is 0 Å². The van der Waals surface area contributed by atoms with Crippen LogP contribution < -0.4 is 5.73 Å². The minimum absolute atomic E-state index is 0.0389. The van der Waals surface area contributed by atoms with Crippen LogP contribution in [0.15, 0.2) is 18.2 Å². The minimum Gasteiger partial charge on any atom is -0.341 e. The molecule has 5 heteroatoms. The number of nitrogens with zero attached hydrogens (tertiary/aromatic N) is 1. The van der Waals surface area contributed by atoms with E-state index in [4.69, 9.17) is 17.3 Å². The number of halogens is 2. The molecule has 0 radical (unpaired) electrons. The molecule has 1 rings (SSSR count). The number of hydrogen-bond acceptors (Lipinski definition) is 2. The fourth-order valence-corrected chi connectivity index (χ4v) is 1.52. The first-order valence-corrected chi connectivity index (χ1v) is 5.30. The molecule has 0 atom stereocenters. The Labute approximate surface area is 99.0 Å². The Kier molecular flexibility index (Phi) is 4.71. The molecule has 0 unspecified atom stereocenters. The SMILES string of the molecule is CN(Cc1ccc(F)c(Cl)c1)C(=O)CCN. The Bertz CT molecular complexity index is 384. The van der Waals surface area contributed by atoms with Crippen LogP contribution in [0, 0.1) is 5.82 Å². The van der Waals surface area contributed by atoms with Gasteiger partial charge in [0.15, 0.2) is 0 Å². The number of rotatable bonds is 4. The standard InChI is InChI=1S/C11H14ClFN2O/c1-15(11(16)4-5-14)7-8-2-3-10(13)9(12)6-8/h2-3,6H,4-5,7,14H2,1H3. The summed E-state index contributed by atoms with van der Waals surface area (Å²) in [6.45, 7) is 0.728. The Morgan fingerprint density at radius 2 is 2.25 bits per heavy atom. The van der Waals surface area contributed by atoms with Crippen LogP contribution in [0.4, 0.5) is 4.39 Å². The number of carbonyl (C=O) groups excluding carboxylic acids is 1. The average Bonchev–Trinajstić information content (AvgIpc) is 2.24. The van der Waals surface area contributed by atoms with Gasteiger partial charge in [0.05, 0.1) is 5.02 Å². The van der Waals surface area contributed by atoms with Crippen molar-refractivity contribution in [1.82, 2.24) is 4.90 Å². The Hall–Kier alpha value is -1.13. The molecule has 1 aromatic rings. The monoisotopic (exact) mass is 244 g/mol. The molecule has 88 valence electrons. The number of benzene rings is 1. The Morgan fingerprint density at radius 1 is 1.56 bits per heavy atom. The first kappa shape index (κ1) is 12.9. The zero-order valence-electron chi connectivity index (χ0n) is 9.04. The van der Waals surface area contributed by atoms with Crippen LogP contribution >= 0.6 is 11.6 Å². The number of carbonyl (C=O) groups is 1. The van der Waals surface area contributed by atoms with E-state index >= 15 is 0 Å². The fraction of sp³-hybridized carbons (Fsp3) is 0.364. The van der Waals surface area contributed by atoms with Gasteiger partial charge in [0.1, 0.15) is 5.82 Å². The zero-order valence-corrected chi connectivity index (χ0v) is 9.80. The van der Waals surface area contributed by atoms with Crippen molar-refractivity contribution in [2.45, 2.75) is 13.0 Å². The zero-order chi connectivity index (χ0) is 12.1. The van der Waals surface area contributed by atoms with Crippen molar-refractivity contribution in [3.05, 3.63) is 34.6 Å². The van der Waals surface area contributed by atoms with Crippen molar-refractivity contribution >= 4 is 17.5 Å². The van der Waals surface area contributed by atoms with Gasteiger partial charge < -0.3 is 10.6 Å². The van der Waals surface area contributed by atoms with E-state index in [9.17, 15) is 9.18 Å². The molecule has 0 aliphatic carbocycles. The van der Waals surface area contributed by atoms with Crippen LogP contribution in [-0.4, -0.2) is 24.4 Å². The van der Waals surface area contributed by atoms with Crippen LogP contribution in [0.2, 0.25) is 5.02 Å². The lowest BCUT2D eigenvalue weighted by Crippen LogP contribution is -2.27. The Morgan fingerprint density at radius 3 is 2.81 bits per heavy atom. The van der Waals surface area contributed by atoms with Crippen LogP contribution in [0.3, 0.4) is 0 Å². The fourth-order valence-electron chi connectivity index (χ4n) is 1.31. The molecule has 0 heterocycles. The minimum atomic E-state index is -0.457. The molecule has 0 spiro atoms. The molecule has 16 heavy (non-hydrogen) atoms. The molecular weight excluding hydrogens is 231 g/mol. The summed E-state index contributed by atoms with van der Waals surface area (Å²) in [7, 11) is 1.68. The van der Waals surface area contributed by atoms with Crippen molar-refractivity contribution in [3.8, 4) is 0 Å². The smallest absolute Gasteiger partial charge is 0.223 e. The van der Waals surface area contributed by atoms with Crippen LogP contribution in [0.1, 0.15) is 12.0 Å². The molecule has 0 fully saturated rings. The van der Waals surface area contributed by atoms with Gasteiger partial charge in [-0.25, -0.2) is 4.39 Å². The van der Waals surface area contributed by atoms with Crippen molar-refractivity contribution < 1.29 is 9.18 Å². The molecule has 1 aromatic carbocycles. The summed E-state index contributed by atoms with van der Waals surface area (Å²) in [6, 6.07) is 4.41. The van der Waals surface area contributed by atoms with E-state index in [-0.39, 0.29) is 10.9 Å². The number of hydrogen-bond donors (Lipinski definition) is 1. The van der Waals surface area contributed by atoms with E-state index in [0.717, 1.165) is 5.56 Å². The first-order chi connectivity index (χ1) is 7.54. The van der Waals surface area contributed by atoms with Crippen molar-refractivity contribution in [2.75, 3.05) is 13.6 Å². The summed E-state index contributed by atoms with van der Waals surface area (Å²) in [5.74, 6) is -0.496. The number of nitrogens with two attached hydrogens (primary N) is 1. The predicted octanol–water partition coefficient (Wildman–Crippen LogP) is 1.79. The van der Waals surface area contributed by atoms with Gasteiger partial charge in [0.25, 0.3) is 0 Å². The molecular formula is C11H14ClFN2O. The first-order valence-electron chi connectivity index (χ1n) is 4.92. The maximum Gasteiger partial charge on any atom is 0.223 e. The topological polar surface area (TPSA) is 46.3 Å². The van der Waals surface area contributed by atoms with Crippen molar-refractivity contribution in [1.29, 1.82) is 0 Å². The van der Waals surface area contributed by atoms with Crippen LogP contribution in [0.25, 0.3) is 0 Å². The highest BCUT2D eigenvalue weighted by atomic mass is 35.5. The molecule has 0 saturated carbocycles. The average molecular weight is 245 g/mol. The molecule has 0 aliphatic rings. The lowest BCUT2D eigenvalue weighted by atomic mass is 10.2. The predicted molar refractivity (Wildman–Crippen MR) is 61.6 cm³/mol. The molecule has 1 amide bonds. The summed E-state index contributed by atoms with van der Waals surface area (Å²) in [5.41, 5.74) is 6.08. The van der Waals surface area contributed by atoms with Gasteiger partial charge in [-0.1, -0.05) is 17.7 Å². The van der Waals surface area contributed by atoms with E-state index < -0.39 is 5.82 Å². The van der Waals surface area contributed by atoms with E-state index in [1.807, 2.05) is 0 Å². The molecule has 0 aromatic heterocycles. The molecule has 0 aliphatic heterocycles. The highest BCUT2D eigenvalue weighted by Gasteiger charge is 2.09. The summed E-state index contributed by atoms with van der Waals surface area (Å²) >= 11 is 5.64. The van der Waals surface area contributed by atoms with E-state index in [1.54, 1.807) is 13.1 Å². The third-order valence-electron chi connectivity index (χ3n) is 2.19. The van der Waals surface area contributed by atoms with Crippen LogP contribution in [0.5, 0.6) is 0 Å². The second kappa shape index (κ2) is 5.82. The van der Waals surface area contributed by atoms with Crippen LogP contribution in [-0.2, 0) is 11.3 Å². The van der Waals surface area contributed by atoms with Crippen molar-refractivity contribution in [2.24, 2.45) is 5.73 Å². The van der Waals surface area contributed by atoms with E-state index in [0.29, 0.717) is 19.5 Å². The van der Waals surface area contributed by atoms with Gasteiger partial charge in [-0.05, 0) is 17.7 Å². The summed E-state index contributed by atoms with van der Waals surface area (Å²) in [5, 5.41) is 0.0668. The quantitative estimate of drug-likeness (QED) is 0.878. The summed E-state index contributed by atoms with van der Waals surface area (Å²) < 4.78 is 12.9. The van der Waals surface area contributed by atoms with E-state index in [1.165, 1.54) is 17.0 Å². The maximum absolute atomic E-state index is 12.9. The molecule has 0 saturated heterocycles. The van der Waals surface area contributed by atoms with Crippen molar-refractivity contribution in [3.63, 3.8) is 0 Å². The van der Waals surface area contributed by atoms with Gasteiger partial charge in [-0.2, -0.15) is 0 Å². The van der Waals surface area contributed by atoms with Gasteiger partial charge >= 0.3 is 0 Å². The van der Waals surface area contributed by atoms with Gasteiger partial charge in [-0.3, -0.25) is 4.79 Å². The second-order valence-corrected chi connectivity index (χ2v) is 3.94. The maximum atomic E-state index is 12.9. The lowest BCUT2D eigenvalue weighted by molar-refractivity contribution is -0.130. The second-order valence-electron chi connectivity index (χ2n) is 3.54. The molecule has 2 N–H and O–H groups in total. The lowest BCUT2D eigenvalue weighted by Gasteiger charge is -2.17. The summed E-state index contributed by atoms with van der Waals surface area (Å²) in [6.07, 6.45) is 0.311. The van der Waals surface area contributed by atoms with E-state index in [2.05, 4.69) is 0 Å². The highest BCUT2D eigenvalue weighted by molar-refractivity contribution is 6.30. The third kappa shape index (κ3) is 3.47. The third-order valence-corrected chi connectivity index (χ3v) is 2.48. The Balaban J connectivity index is 2.66. The normalized spacial score (nSPS) is 10.2. The largest absolute Gasteiger partial charge is 0.341 e. The molecule has 0 bridgehead atoms. The summed E-state index contributed by atoms with van der Waals surface area (Å²) in [4.78, 5) is 13.0. The van der Waals surface area contributed by atoms with Gasteiger partial charge in [0.2, 0.25) is 5.91 Å². The number of amides is 1.